The highest BCUT2D eigenvalue weighted by Gasteiger charge is 2.17. The number of carbonyl (C=O) groups excluding carboxylic acids is 1. The molecule has 1 fully saturated rings. The summed E-state index contributed by atoms with van der Waals surface area (Å²) in [6, 6.07) is 7.80. The minimum atomic E-state index is 0.108. The Balaban J connectivity index is 1.84. The maximum atomic E-state index is 12.3. The highest BCUT2D eigenvalue weighted by molar-refractivity contribution is 7.80. The standard InChI is InChI=1S/C15H17N3O2S/c16-15(21)12-2-1-11-3-4-18(13(11)9-12)10-14(19)17-5-7-20-8-6-17/h1-4,9H,5-8,10H2,(H2,16,21). The molecule has 1 aliphatic rings. The molecule has 1 saturated heterocycles. The van der Waals surface area contributed by atoms with E-state index in [2.05, 4.69) is 0 Å². The van der Waals surface area contributed by atoms with Gasteiger partial charge in [-0.2, -0.15) is 0 Å². The van der Waals surface area contributed by atoms with Gasteiger partial charge in [0.25, 0.3) is 0 Å². The Hall–Kier alpha value is -1.92. The van der Waals surface area contributed by atoms with Gasteiger partial charge in [-0.05, 0) is 17.5 Å². The molecule has 0 radical (unpaired) electrons. The summed E-state index contributed by atoms with van der Waals surface area (Å²) in [6.07, 6.45) is 1.92. The molecule has 2 heterocycles. The molecule has 21 heavy (non-hydrogen) atoms. The minimum Gasteiger partial charge on any atom is -0.389 e. The van der Waals surface area contributed by atoms with Gasteiger partial charge in [0.2, 0.25) is 5.91 Å². The Morgan fingerprint density at radius 1 is 1.29 bits per heavy atom. The molecule has 0 bridgehead atoms. The third-order valence-electron chi connectivity index (χ3n) is 3.73. The van der Waals surface area contributed by atoms with Gasteiger partial charge in [0.05, 0.1) is 13.2 Å². The second kappa shape index (κ2) is 5.83. The molecule has 1 amide bonds. The van der Waals surface area contributed by atoms with Crippen LogP contribution in [0.4, 0.5) is 0 Å². The summed E-state index contributed by atoms with van der Waals surface area (Å²) >= 11 is 5.01. The number of nitrogens with zero attached hydrogens (tertiary/aromatic N) is 2. The molecule has 0 atom stereocenters. The zero-order chi connectivity index (χ0) is 14.8. The largest absolute Gasteiger partial charge is 0.389 e. The molecule has 0 unspecified atom stereocenters. The van der Waals surface area contributed by atoms with E-state index in [0.717, 1.165) is 16.5 Å². The average Bonchev–Trinajstić information content (AvgIpc) is 2.90. The fourth-order valence-electron chi connectivity index (χ4n) is 2.53. The van der Waals surface area contributed by atoms with Crippen molar-refractivity contribution >= 4 is 34.0 Å². The van der Waals surface area contributed by atoms with Gasteiger partial charge in [-0.1, -0.05) is 24.4 Å². The van der Waals surface area contributed by atoms with Gasteiger partial charge in [0.15, 0.2) is 0 Å². The van der Waals surface area contributed by atoms with E-state index in [1.807, 2.05) is 39.9 Å². The maximum absolute atomic E-state index is 12.3. The first-order valence-electron chi connectivity index (χ1n) is 6.89. The zero-order valence-corrected chi connectivity index (χ0v) is 12.4. The number of morpholine rings is 1. The molecule has 6 heteroatoms. The molecule has 0 saturated carbocycles. The van der Waals surface area contributed by atoms with Gasteiger partial charge in [-0.15, -0.1) is 0 Å². The van der Waals surface area contributed by atoms with Crippen LogP contribution in [-0.4, -0.2) is 46.7 Å². The van der Waals surface area contributed by atoms with Crippen molar-refractivity contribution in [3.05, 3.63) is 36.0 Å². The van der Waals surface area contributed by atoms with Crippen LogP contribution in [0.5, 0.6) is 0 Å². The highest BCUT2D eigenvalue weighted by Crippen LogP contribution is 2.18. The molecule has 1 aromatic heterocycles. The van der Waals surface area contributed by atoms with Gasteiger partial charge in [0.1, 0.15) is 11.5 Å². The molecule has 3 rings (SSSR count). The number of aromatic nitrogens is 1. The van der Waals surface area contributed by atoms with Gasteiger partial charge in [0, 0.05) is 30.4 Å². The smallest absolute Gasteiger partial charge is 0.242 e. The maximum Gasteiger partial charge on any atom is 0.242 e. The van der Waals surface area contributed by atoms with E-state index in [1.165, 1.54) is 0 Å². The molecular formula is C15H17N3O2S. The molecular weight excluding hydrogens is 286 g/mol. The SMILES string of the molecule is NC(=S)c1ccc2ccn(CC(=O)N3CCOCC3)c2c1. The van der Waals surface area contributed by atoms with Gasteiger partial charge >= 0.3 is 0 Å². The normalized spacial score (nSPS) is 15.3. The number of benzene rings is 1. The van der Waals surface area contributed by atoms with Crippen molar-refractivity contribution in [1.29, 1.82) is 0 Å². The molecule has 110 valence electrons. The van der Waals surface area contributed by atoms with Crippen molar-refractivity contribution in [2.24, 2.45) is 5.73 Å². The molecule has 0 aliphatic carbocycles. The summed E-state index contributed by atoms with van der Waals surface area (Å²) in [5.74, 6) is 0.108. The number of hydrogen-bond donors (Lipinski definition) is 1. The number of ether oxygens (including phenoxy) is 1. The third kappa shape index (κ3) is 2.91. The second-order valence-corrected chi connectivity index (χ2v) is 5.51. The van der Waals surface area contributed by atoms with Crippen molar-refractivity contribution in [2.45, 2.75) is 6.54 Å². The molecule has 0 spiro atoms. The van der Waals surface area contributed by atoms with E-state index in [1.54, 1.807) is 0 Å². The lowest BCUT2D eigenvalue weighted by molar-refractivity contribution is -0.135. The summed E-state index contributed by atoms with van der Waals surface area (Å²) in [5, 5.41) is 1.07. The van der Waals surface area contributed by atoms with Crippen LogP contribution >= 0.6 is 12.2 Å². The first kappa shape index (κ1) is 14.0. The van der Waals surface area contributed by atoms with Gasteiger partial charge < -0.3 is 19.9 Å². The van der Waals surface area contributed by atoms with Crippen molar-refractivity contribution < 1.29 is 9.53 Å². The lowest BCUT2D eigenvalue weighted by Crippen LogP contribution is -2.42. The van der Waals surface area contributed by atoms with Crippen LogP contribution in [0.15, 0.2) is 30.5 Å². The van der Waals surface area contributed by atoms with Gasteiger partial charge in [-0.25, -0.2) is 0 Å². The molecule has 1 aromatic carbocycles. The van der Waals surface area contributed by atoms with Crippen LogP contribution in [0.1, 0.15) is 5.56 Å². The van der Waals surface area contributed by atoms with E-state index in [0.29, 0.717) is 37.8 Å². The first-order valence-corrected chi connectivity index (χ1v) is 7.30. The Morgan fingerprint density at radius 2 is 2.05 bits per heavy atom. The first-order chi connectivity index (χ1) is 10.1. The number of fused-ring (bicyclic) bond motifs is 1. The predicted octanol–water partition coefficient (Wildman–Crippen LogP) is 1.13. The fraction of sp³-hybridized carbons (Fsp3) is 0.333. The number of hydrogen-bond acceptors (Lipinski definition) is 3. The quantitative estimate of drug-likeness (QED) is 0.864. The molecule has 2 aromatic rings. The molecule has 2 N–H and O–H groups in total. The topological polar surface area (TPSA) is 60.5 Å². The van der Waals surface area contributed by atoms with Gasteiger partial charge in [-0.3, -0.25) is 4.79 Å². The Morgan fingerprint density at radius 3 is 2.76 bits per heavy atom. The molecule has 5 nitrogen and oxygen atoms in total. The van der Waals surface area contributed by atoms with Crippen molar-refractivity contribution in [1.82, 2.24) is 9.47 Å². The Kier molecular flexibility index (Phi) is 3.90. The average molecular weight is 303 g/mol. The third-order valence-corrected chi connectivity index (χ3v) is 3.96. The number of rotatable bonds is 3. The Bertz CT molecular complexity index is 689. The Labute approximate surface area is 128 Å². The van der Waals surface area contributed by atoms with Crippen molar-refractivity contribution in [3.63, 3.8) is 0 Å². The second-order valence-electron chi connectivity index (χ2n) is 5.07. The van der Waals surface area contributed by atoms with E-state index in [-0.39, 0.29) is 5.91 Å². The predicted molar refractivity (Wildman–Crippen MR) is 85.2 cm³/mol. The van der Waals surface area contributed by atoms with Crippen LogP contribution in [0.3, 0.4) is 0 Å². The minimum absolute atomic E-state index is 0.108. The van der Waals surface area contributed by atoms with E-state index in [9.17, 15) is 4.79 Å². The fourth-order valence-corrected chi connectivity index (χ4v) is 2.66. The van der Waals surface area contributed by atoms with E-state index in [4.69, 9.17) is 22.7 Å². The summed E-state index contributed by atoms with van der Waals surface area (Å²) < 4.78 is 7.21. The highest BCUT2D eigenvalue weighted by atomic mass is 32.1. The lowest BCUT2D eigenvalue weighted by Gasteiger charge is -2.27. The summed E-state index contributed by atoms with van der Waals surface area (Å²) in [7, 11) is 0. The van der Waals surface area contributed by atoms with Crippen LogP contribution in [-0.2, 0) is 16.1 Å². The zero-order valence-electron chi connectivity index (χ0n) is 11.6. The number of thiocarbonyl (C=S) groups is 1. The van der Waals surface area contributed by atoms with Crippen LogP contribution in [0, 0.1) is 0 Å². The van der Waals surface area contributed by atoms with Crippen LogP contribution < -0.4 is 5.73 Å². The monoisotopic (exact) mass is 303 g/mol. The summed E-state index contributed by atoms with van der Waals surface area (Å²) in [5.41, 5.74) is 7.46. The van der Waals surface area contributed by atoms with Crippen LogP contribution in [0.2, 0.25) is 0 Å². The number of nitrogens with two attached hydrogens (primary N) is 1. The number of carbonyl (C=O) groups is 1. The molecule has 1 aliphatic heterocycles. The number of amides is 1. The van der Waals surface area contributed by atoms with Crippen LogP contribution in [0.25, 0.3) is 10.9 Å². The summed E-state index contributed by atoms with van der Waals surface area (Å²) in [4.78, 5) is 14.5. The van der Waals surface area contributed by atoms with Crippen molar-refractivity contribution in [3.8, 4) is 0 Å². The van der Waals surface area contributed by atoms with E-state index >= 15 is 0 Å². The lowest BCUT2D eigenvalue weighted by atomic mass is 10.1. The summed E-state index contributed by atoms with van der Waals surface area (Å²) in [6.45, 7) is 2.88. The van der Waals surface area contributed by atoms with Crippen molar-refractivity contribution in [2.75, 3.05) is 26.3 Å². The van der Waals surface area contributed by atoms with E-state index < -0.39 is 0 Å².